The average Bonchev–Trinajstić information content (AvgIpc) is 3.24. The second-order valence-corrected chi connectivity index (χ2v) is 8.85. The minimum absolute atomic E-state index is 0.00786. The Hall–Kier alpha value is -2.85. The van der Waals surface area contributed by atoms with Gasteiger partial charge in [0.1, 0.15) is 5.76 Å². The Bertz CT molecular complexity index is 1160. The van der Waals surface area contributed by atoms with E-state index in [9.17, 15) is 18.0 Å². The maximum absolute atomic E-state index is 12.3. The van der Waals surface area contributed by atoms with Gasteiger partial charge in [0.05, 0.1) is 23.3 Å². The van der Waals surface area contributed by atoms with Crippen molar-refractivity contribution in [2.75, 3.05) is 11.9 Å². The molecule has 31 heavy (non-hydrogen) atoms. The predicted molar refractivity (Wildman–Crippen MR) is 115 cm³/mol. The fourth-order valence-electron chi connectivity index (χ4n) is 2.47. The van der Waals surface area contributed by atoms with Crippen LogP contribution in [0.5, 0.6) is 0 Å². The minimum atomic E-state index is -3.79. The molecule has 11 heteroatoms. The molecule has 0 aliphatic rings. The normalized spacial score (nSPS) is 11.2. The van der Waals surface area contributed by atoms with Crippen molar-refractivity contribution in [3.8, 4) is 0 Å². The lowest BCUT2D eigenvalue weighted by atomic mass is 10.2. The number of hydrogen-bond donors (Lipinski definition) is 2. The number of esters is 1. The maximum Gasteiger partial charge on any atom is 0.338 e. The van der Waals surface area contributed by atoms with Gasteiger partial charge in [-0.05, 0) is 54.6 Å². The van der Waals surface area contributed by atoms with E-state index in [1.54, 1.807) is 12.1 Å². The average molecular weight is 483 g/mol. The Labute approximate surface area is 188 Å². The van der Waals surface area contributed by atoms with Crippen LogP contribution in [-0.4, -0.2) is 26.9 Å². The predicted octanol–water partition coefficient (Wildman–Crippen LogP) is 3.86. The zero-order chi connectivity index (χ0) is 22.4. The van der Waals surface area contributed by atoms with Crippen LogP contribution >= 0.6 is 23.2 Å². The Kier molecular flexibility index (Phi) is 7.34. The molecule has 0 atom stereocenters. The van der Waals surface area contributed by atoms with Crippen LogP contribution in [0.25, 0.3) is 0 Å². The van der Waals surface area contributed by atoms with Crippen molar-refractivity contribution in [1.82, 2.24) is 4.72 Å². The highest BCUT2D eigenvalue weighted by molar-refractivity contribution is 7.89. The highest BCUT2D eigenvalue weighted by atomic mass is 35.5. The molecule has 0 bridgehead atoms. The summed E-state index contributed by atoms with van der Waals surface area (Å²) in [6, 6.07) is 12.9. The molecule has 0 unspecified atom stereocenters. The van der Waals surface area contributed by atoms with E-state index in [4.69, 9.17) is 32.4 Å². The topological polar surface area (TPSA) is 115 Å². The number of hydrogen-bond acceptors (Lipinski definition) is 6. The first-order valence-electron chi connectivity index (χ1n) is 8.78. The van der Waals surface area contributed by atoms with Gasteiger partial charge < -0.3 is 14.5 Å². The van der Waals surface area contributed by atoms with Gasteiger partial charge in [-0.2, -0.15) is 0 Å². The molecule has 0 saturated heterocycles. The Morgan fingerprint density at radius 1 is 1.00 bits per heavy atom. The van der Waals surface area contributed by atoms with E-state index in [2.05, 4.69) is 10.0 Å². The van der Waals surface area contributed by atoms with Crippen molar-refractivity contribution < 1.29 is 27.2 Å². The van der Waals surface area contributed by atoms with Crippen molar-refractivity contribution in [2.45, 2.75) is 11.4 Å². The Balaban J connectivity index is 1.54. The van der Waals surface area contributed by atoms with E-state index in [1.165, 1.54) is 48.7 Å². The van der Waals surface area contributed by atoms with Crippen LogP contribution in [0.3, 0.4) is 0 Å². The molecular formula is C20H16Cl2N2O6S. The van der Waals surface area contributed by atoms with Gasteiger partial charge in [0, 0.05) is 15.7 Å². The Morgan fingerprint density at radius 2 is 1.68 bits per heavy atom. The number of benzene rings is 2. The summed E-state index contributed by atoms with van der Waals surface area (Å²) in [5, 5.41) is 3.19. The van der Waals surface area contributed by atoms with Crippen molar-refractivity contribution >= 4 is 50.8 Å². The van der Waals surface area contributed by atoms with Gasteiger partial charge in [-0.1, -0.05) is 23.2 Å². The summed E-state index contributed by atoms with van der Waals surface area (Å²) in [5.41, 5.74) is 0.443. The molecule has 8 nitrogen and oxygen atoms in total. The summed E-state index contributed by atoms with van der Waals surface area (Å²) in [6.45, 7) is -0.556. The van der Waals surface area contributed by atoms with Crippen LogP contribution in [0, 0.1) is 0 Å². The van der Waals surface area contributed by atoms with Crippen LogP contribution in [0.15, 0.2) is 70.2 Å². The van der Waals surface area contributed by atoms with Crippen LogP contribution in [0.2, 0.25) is 10.0 Å². The van der Waals surface area contributed by atoms with Gasteiger partial charge in [0.2, 0.25) is 10.0 Å². The van der Waals surface area contributed by atoms with Crippen molar-refractivity contribution in [3.05, 3.63) is 82.2 Å². The van der Waals surface area contributed by atoms with Gasteiger partial charge in [-0.3, -0.25) is 4.79 Å². The summed E-state index contributed by atoms with van der Waals surface area (Å²) >= 11 is 11.7. The van der Waals surface area contributed by atoms with Gasteiger partial charge in [0.25, 0.3) is 5.91 Å². The molecule has 2 aromatic carbocycles. The highest BCUT2D eigenvalue weighted by Crippen LogP contribution is 2.22. The lowest BCUT2D eigenvalue weighted by Gasteiger charge is -2.08. The third-order valence-corrected chi connectivity index (χ3v) is 5.75. The first kappa shape index (κ1) is 22.8. The molecule has 0 spiro atoms. The molecule has 0 aliphatic carbocycles. The second-order valence-electron chi connectivity index (χ2n) is 6.21. The highest BCUT2D eigenvalue weighted by Gasteiger charge is 2.16. The lowest BCUT2D eigenvalue weighted by Crippen LogP contribution is -2.23. The summed E-state index contributed by atoms with van der Waals surface area (Å²) in [5.74, 6) is -0.915. The van der Waals surface area contributed by atoms with Gasteiger partial charge >= 0.3 is 5.97 Å². The van der Waals surface area contributed by atoms with Gasteiger partial charge in [-0.15, -0.1) is 0 Å². The van der Waals surface area contributed by atoms with Crippen molar-refractivity contribution in [2.24, 2.45) is 0 Å². The van der Waals surface area contributed by atoms with Crippen molar-refractivity contribution in [1.29, 1.82) is 0 Å². The molecule has 0 aliphatic heterocycles. The monoisotopic (exact) mass is 482 g/mol. The van der Waals surface area contributed by atoms with Crippen LogP contribution in [0.4, 0.5) is 5.69 Å². The quantitative estimate of drug-likeness (QED) is 0.471. The van der Waals surface area contributed by atoms with Crippen LogP contribution in [0.1, 0.15) is 16.1 Å². The molecule has 0 radical (unpaired) electrons. The second kappa shape index (κ2) is 9.97. The SMILES string of the molecule is O=C(COC(=O)c1ccc(S(=O)(=O)NCc2ccco2)cc1)Nc1cc(Cl)cc(Cl)c1. The molecule has 0 fully saturated rings. The number of amides is 1. The smallest absolute Gasteiger partial charge is 0.338 e. The molecule has 1 aromatic heterocycles. The maximum atomic E-state index is 12.3. The van der Waals surface area contributed by atoms with E-state index in [-0.39, 0.29) is 17.0 Å². The first-order valence-corrected chi connectivity index (χ1v) is 11.0. The molecule has 0 saturated carbocycles. The molecule has 1 heterocycles. The third kappa shape index (κ3) is 6.56. The van der Waals surface area contributed by atoms with Crippen LogP contribution < -0.4 is 10.0 Å². The molecular weight excluding hydrogens is 467 g/mol. The van der Waals surface area contributed by atoms with E-state index >= 15 is 0 Å². The number of anilines is 1. The molecule has 3 aromatic rings. The standard InChI is InChI=1S/C20H16Cl2N2O6S/c21-14-8-15(22)10-16(9-14)24-19(25)12-30-20(26)13-3-5-18(6-4-13)31(27,28)23-11-17-2-1-7-29-17/h1-10,23H,11-12H2,(H,24,25). The summed E-state index contributed by atoms with van der Waals surface area (Å²) in [4.78, 5) is 24.1. The zero-order valence-corrected chi connectivity index (χ0v) is 18.1. The van der Waals surface area contributed by atoms with Gasteiger partial charge in [-0.25, -0.2) is 17.9 Å². The molecule has 162 valence electrons. The summed E-state index contributed by atoms with van der Waals surface area (Å²) < 4.78 is 37.0. The number of rotatable bonds is 8. The lowest BCUT2D eigenvalue weighted by molar-refractivity contribution is -0.119. The number of carbonyl (C=O) groups is 2. The van der Waals surface area contributed by atoms with Crippen molar-refractivity contribution in [3.63, 3.8) is 0 Å². The summed E-state index contributed by atoms with van der Waals surface area (Å²) in [7, 11) is -3.79. The van der Waals surface area contributed by atoms with Gasteiger partial charge in [0.15, 0.2) is 6.61 Å². The van der Waals surface area contributed by atoms with E-state index in [0.717, 1.165) is 0 Å². The summed E-state index contributed by atoms with van der Waals surface area (Å²) in [6.07, 6.45) is 1.44. The first-order chi connectivity index (χ1) is 14.7. The number of sulfonamides is 1. The van der Waals surface area contributed by atoms with E-state index < -0.39 is 28.5 Å². The van der Waals surface area contributed by atoms with E-state index in [1.807, 2.05) is 0 Å². The zero-order valence-electron chi connectivity index (χ0n) is 15.8. The number of nitrogens with one attached hydrogen (secondary N) is 2. The Morgan fingerprint density at radius 3 is 2.29 bits per heavy atom. The number of halogens is 2. The number of furan rings is 1. The third-order valence-electron chi connectivity index (χ3n) is 3.90. The number of ether oxygens (including phenoxy) is 1. The number of carbonyl (C=O) groups excluding carboxylic acids is 2. The molecule has 1 amide bonds. The fraction of sp³-hybridized carbons (Fsp3) is 0.100. The van der Waals surface area contributed by atoms with Crippen LogP contribution in [-0.2, 0) is 26.1 Å². The largest absolute Gasteiger partial charge is 0.468 e. The van der Waals surface area contributed by atoms with E-state index in [0.29, 0.717) is 21.5 Å². The molecule has 3 rings (SSSR count). The fourth-order valence-corrected chi connectivity index (χ4v) is 3.99. The minimum Gasteiger partial charge on any atom is -0.468 e. The molecule has 2 N–H and O–H groups in total.